The maximum atomic E-state index is 5.21. The maximum Gasteiger partial charge on any atom is 0.137 e. The summed E-state index contributed by atoms with van der Waals surface area (Å²) in [4.78, 5) is 7.70. The van der Waals surface area contributed by atoms with Crippen molar-refractivity contribution in [2.75, 3.05) is 7.11 Å². The van der Waals surface area contributed by atoms with E-state index in [9.17, 15) is 0 Å². The van der Waals surface area contributed by atoms with E-state index in [-0.39, 0.29) is 0 Å². The van der Waals surface area contributed by atoms with Gasteiger partial charge in [0.15, 0.2) is 0 Å². The van der Waals surface area contributed by atoms with E-state index < -0.39 is 0 Å². The van der Waals surface area contributed by atoms with Gasteiger partial charge in [0.25, 0.3) is 0 Å². The minimum atomic E-state index is 0.466. The topological polar surface area (TPSA) is 49.9 Å². The van der Waals surface area contributed by atoms with Crippen LogP contribution in [0.4, 0.5) is 0 Å². The van der Waals surface area contributed by atoms with E-state index in [0.29, 0.717) is 6.04 Å². The molecule has 2 N–H and O–H groups in total. The smallest absolute Gasteiger partial charge is 0.137 e. The molecule has 0 amide bonds. The van der Waals surface area contributed by atoms with Crippen LogP contribution >= 0.6 is 0 Å². The molecule has 0 spiro atoms. The molecule has 1 heterocycles. The first kappa shape index (κ1) is 12.6. The van der Waals surface area contributed by atoms with Crippen LogP contribution in [0.25, 0.3) is 11.4 Å². The van der Waals surface area contributed by atoms with Crippen molar-refractivity contribution in [3.8, 4) is 17.1 Å². The van der Waals surface area contributed by atoms with Crippen molar-refractivity contribution in [2.24, 2.45) is 0 Å². The average Bonchev–Trinajstić information content (AvgIpc) is 2.85. The first-order valence-electron chi connectivity index (χ1n) is 6.10. The summed E-state index contributed by atoms with van der Waals surface area (Å²) in [6, 6.07) is 8.34. The van der Waals surface area contributed by atoms with Gasteiger partial charge in [-0.2, -0.15) is 0 Å². The fourth-order valence-electron chi connectivity index (χ4n) is 1.68. The lowest BCUT2D eigenvalue weighted by atomic mass is 10.2. The van der Waals surface area contributed by atoms with Gasteiger partial charge in [0.05, 0.1) is 7.11 Å². The van der Waals surface area contributed by atoms with E-state index in [1.165, 1.54) is 0 Å². The zero-order valence-corrected chi connectivity index (χ0v) is 11.0. The summed E-state index contributed by atoms with van der Waals surface area (Å²) in [5.74, 6) is 1.71. The molecular weight excluding hydrogens is 226 g/mol. The Kier molecular flexibility index (Phi) is 3.99. The molecule has 0 aliphatic heterocycles. The first-order valence-corrected chi connectivity index (χ1v) is 6.10. The standard InChI is InChI=1S/C14H19N3O/c1-10(2)15-8-12-9-16-14(17-12)11-5-4-6-13(7-11)18-3/h4-7,9-10,15H,8H2,1-3H3,(H,16,17). The van der Waals surface area contributed by atoms with E-state index in [0.717, 1.165) is 29.4 Å². The minimum absolute atomic E-state index is 0.466. The van der Waals surface area contributed by atoms with Gasteiger partial charge in [0.1, 0.15) is 11.6 Å². The third-order valence-corrected chi connectivity index (χ3v) is 2.67. The number of ether oxygens (including phenoxy) is 1. The molecule has 2 rings (SSSR count). The Bertz CT molecular complexity index is 505. The van der Waals surface area contributed by atoms with E-state index in [4.69, 9.17) is 4.74 Å². The lowest BCUT2D eigenvalue weighted by Crippen LogP contribution is -2.21. The monoisotopic (exact) mass is 245 g/mol. The molecule has 4 nitrogen and oxygen atoms in total. The Balaban J connectivity index is 2.13. The second kappa shape index (κ2) is 5.69. The van der Waals surface area contributed by atoms with Crippen molar-refractivity contribution in [2.45, 2.75) is 26.4 Å². The fraction of sp³-hybridized carbons (Fsp3) is 0.357. The Labute approximate surface area is 107 Å². The Morgan fingerprint density at radius 2 is 2.22 bits per heavy atom. The molecule has 0 radical (unpaired) electrons. The van der Waals surface area contributed by atoms with Crippen LogP contribution in [0.3, 0.4) is 0 Å². The molecule has 2 aromatic rings. The molecule has 0 unspecified atom stereocenters. The molecule has 96 valence electrons. The van der Waals surface area contributed by atoms with Gasteiger partial charge in [-0.25, -0.2) is 4.98 Å². The molecule has 0 saturated heterocycles. The normalized spacial score (nSPS) is 10.9. The van der Waals surface area contributed by atoms with E-state index in [2.05, 4.69) is 29.1 Å². The quantitative estimate of drug-likeness (QED) is 0.851. The number of aromatic amines is 1. The van der Waals surface area contributed by atoms with Gasteiger partial charge in [-0.3, -0.25) is 0 Å². The van der Waals surface area contributed by atoms with Crippen LogP contribution in [0.5, 0.6) is 5.75 Å². The van der Waals surface area contributed by atoms with Crippen molar-refractivity contribution >= 4 is 0 Å². The van der Waals surface area contributed by atoms with Crippen molar-refractivity contribution in [1.82, 2.24) is 15.3 Å². The van der Waals surface area contributed by atoms with E-state index >= 15 is 0 Å². The van der Waals surface area contributed by atoms with Crippen molar-refractivity contribution in [3.05, 3.63) is 36.2 Å². The molecule has 0 bridgehead atoms. The van der Waals surface area contributed by atoms with Gasteiger partial charge in [-0.1, -0.05) is 26.0 Å². The fourth-order valence-corrected chi connectivity index (χ4v) is 1.68. The molecule has 0 aliphatic rings. The predicted molar refractivity (Wildman–Crippen MR) is 72.6 cm³/mol. The van der Waals surface area contributed by atoms with E-state index in [1.54, 1.807) is 7.11 Å². The first-order chi connectivity index (χ1) is 8.69. The van der Waals surface area contributed by atoms with Gasteiger partial charge in [-0.15, -0.1) is 0 Å². The summed E-state index contributed by atoms with van der Waals surface area (Å²) >= 11 is 0. The summed E-state index contributed by atoms with van der Waals surface area (Å²) in [6.07, 6.45) is 1.87. The van der Waals surface area contributed by atoms with Gasteiger partial charge in [0.2, 0.25) is 0 Å². The second-order valence-corrected chi connectivity index (χ2v) is 4.52. The Morgan fingerprint density at radius 1 is 1.39 bits per heavy atom. The minimum Gasteiger partial charge on any atom is -0.497 e. The van der Waals surface area contributed by atoms with Crippen molar-refractivity contribution in [3.63, 3.8) is 0 Å². The van der Waals surface area contributed by atoms with Crippen molar-refractivity contribution < 1.29 is 4.74 Å². The van der Waals surface area contributed by atoms with Gasteiger partial charge in [-0.05, 0) is 12.1 Å². The number of nitrogens with one attached hydrogen (secondary N) is 2. The number of hydrogen-bond donors (Lipinski definition) is 2. The summed E-state index contributed by atoms with van der Waals surface area (Å²) in [7, 11) is 1.67. The SMILES string of the molecule is COc1cccc(-c2ncc(CNC(C)C)[nH]2)c1. The number of hydrogen-bond acceptors (Lipinski definition) is 3. The number of rotatable bonds is 5. The summed E-state index contributed by atoms with van der Waals surface area (Å²) in [5, 5.41) is 3.35. The zero-order valence-electron chi connectivity index (χ0n) is 11.0. The van der Waals surface area contributed by atoms with Crippen LogP contribution < -0.4 is 10.1 Å². The largest absolute Gasteiger partial charge is 0.497 e. The molecule has 1 aromatic heterocycles. The van der Waals surface area contributed by atoms with E-state index in [1.807, 2.05) is 30.5 Å². The van der Waals surface area contributed by atoms with Crippen LogP contribution in [0, 0.1) is 0 Å². The third kappa shape index (κ3) is 3.11. The van der Waals surface area contributed by atoms with Crippen LogP contribution in [0.1, 0.15) is 19.5 Å². The third-order valence-electron chi connectivity index (χ3n) is 2.67. The van der Waals surface area contributed by atoms with Gasteiger partial charge < -0.3 is 15.0 Å². The molecular formula is C14H19N3O. The Morgan fingerprint density at radius 3 is 2.94 bits per heavy atom. The number of methoxy groups -OCH3 is 1. The molecule has 0 aliphatic carbocycles. The number of nitrogens with zero attached hydrogens (tertiary/aromatic N) is 1. The zero-order chi connectivity index (χ0) is 13.0. The molecule has 1 aromatic carbocycles. The highest BCUT2D eigenvalue weighted by molar-refractivity contribution is 5.57. The predicted octanol–water partition coefficient (Wildman–Crippen LogP) is 2.58. The molecule has 4 heteroatoms. The Hall–Kier alpha value is -1.81. The van der Waals surface area contributed by atoms with Crippen LogP contribution in [-0.2, 0) is 6.54 Å². The summed E-state index contributed by atoms with van der Waals surface area (Å²) in [6.45, 7) is 5.05. The van der Waals surface area contributed by atoms with Crippen LogP contribution in [0.2, 0.25) is 0 Å². The summed E-state index contributed by atoms with van der Waals surface area (Å²) < 4.78 is 5.21. The van der Waals surface area contributed by atoms with Crippen molar-refractivity contribution in [1.29, 1.82) is 0 Å². The average molecular weight is 245 g/mol. The van der Waals surface area contributed by atoms with Crippen LogP contribution in [-0.4, -0.2) is 23.1 Å². The lowest BCUT2D eigenvalue weighted by Gasteiger charge is -2.05. The number of benzene rings is 1. The highest BCUT2D eigenvalue weighted by atomic mass is 16.5. The highest BCUT2D eigenvalue weighted by Crippen LogP contribution is 2.21. The number of imidazole rings is 1. The van der Waals surface area contributed by atoms with Crippen LogP contribution in [0.15, 0.2) is 30.5 Å². The molecule has 18 heavy (non-hydrogen) atoms. The molecule has 0 atom stereocenters. The maximum absolute atomic E-state index is 5.21. The van der Waals surface area contributed by atoms with Gasteiger partial charge in [0, 0.05) is 30.0 Å². The lowest BCUT2D eigenvalue weighted by molar-refractivity contribution is 0.415. The summed E-state index contributed by atoms with van der Waals surface area (Å²) in [5.41, 5.74) is 2.12. The molecule has 0 saturated carbocycles. The molecule has 0 fully saturated rings. The second-order valence-electron chi connectivity index (χ2n) is 4.52. The van der Waals surface area contributed by atoms with Gasteiger partial charge >= 0.3 is 0 Å². The highest BCUT2D eigenvalue weighted by Gasteiger charge is 2.05. The number of aromatic nitrogens is 2. The number of H-pyrrole nitrogens is 1.